The number of hydrogen-bond acceptors (Lipinski definition) is 8. The van der Waals surface area contributed by atoms with E-state index < -0.39 is 5.54 Å². The zero-order valence-corrected chi connectivity index (χ0v) is 18.1. The molecular formula is C21H35NO7. The lowest BCUT2D eigenvalue weighted by Crippen LogP contribution is -2.38. The van der Waals surface area contributed by atoms with Crippen LogP contribution in [0.4, 0.5) is 5.69 Å². The van der Waals surface area contributed by atoms with Crippen molar-refractivity contribution in [2.24, 2.45) is 0 Å². The summed E-state index contributed by atoms with van der Waals surface area (Å²) in [6.07, 6.45) is 0. The lowest BCUT2D eigenvalue weighted by Gasteiger charge is -2.32. The van der Waals surface area contributed by atoms with Crippen LogP contribution in [0, 0.1) is 0 Å². The highest BCUT2D eigenvalue weighted by molar-refractivity contribution is 5.57. The summed E-state index contributed by atoms with van der Waals surface area (Å²) in [5, 5.41) is 11.9. The van der Waals surface area contributed by atoms with Crippen LogP contribution in [0.2, 0.25) is 0 Å². The van der Waals surface area contributed by atoms with Gasteiger partial charge in [0.1, 0.15) is 5.75 Å². The minimum atomic E-state index is -0.456. The van der Waals surface area contributed by atoms with Crippen LogP contribution in [0.1, 0.15) is 31.9 Å². The Hall–Kier alpha value is -1.42. The van der Waals surface area contributed by atoms with Crippen molar-refractivity contribution >= 4 is 5.69 Å². The number of hydrogen-bond donors (Lipinski definition) is 1. The molecule has 29 heavy (non-hydrogen) atoms. The van der Waals surface area contributed by atoms with Crippen LogP contribution in [0.5, 0.6) is 5.75 Å². The van der Waals surface area contributed by atoms with Gasteiger partial charge >= 0.3 is 0 Å². The molecule has 0 spiro atoms. The molecule has 8 heteroatoms. The molecule has 1 aliphatic rings. The van der Waals surface area contributed by atoms with Gasteiger partial charge in [0.05, 0.1) is 84.4 Å². The first kappa shape index (κ1) is 23.9. The van der Waals surface area contributed by atoms with Crippen LogP contribution in [-0.2, 0) is 36.9 Å². The Labute approximate surface area is 173 Å². The summed E-state index contributed by atoms with van der Waals surface area (Å²) >= 11 is 0. The zero-order valence-electron chi connectivity index (χ0n) is 18.1. The molecule has 1 heterocycles. The standard InChI is InChI=1S/C21H35NO7/c1-21(2,3)22(23)19-13-17-15-28-11-9-26-7-5-25-6-8-27-10-12-29-16-18(14-19)20(17)24-4/h13-14,23H,5-12,15-16H2,1-4H3. The number of rotatable bonds is 2. The average Bonchev–Trinajstić information content (AvgIpc) is 2.68. The molecule has 0 aromatic heterocycles. The summed E-state index contributed by atoms with van der Waals surface area (Å²) in [5.41, 5.74) is 1.89. The first-order chi connectivity index (χ1) is 13.9. The minimum Gasteiger partial charge on any atom is -0.496 e. The van der Waals surface area contributed by atoms with Gasteiger partial charge in [-0.05, 0) is 32.9 Å². The third kappa shape index (κ3) is 8.08. The first-order valence-electron chi connectivity index (χ1n) is 10.0. The Morgan fingerprint density at radius 3 is 1.48 bits per heavy atom. The number of hydroxylamine groups is 1. The largest absolute Gasteiger partial charge is 0.496 e. The number of ether oxygens (including phenoxy) is 6. The normalized spacial score (nSPS) is 18.5. The molecule has 1 N–H and O–H groups in total. The number of fused-ring (bicyclic) bond motifs is 2. The fourth-order valence-corrected chi connectivity index (χ4v) is 2.86. The van der Waals surface area contributed by atoms with E-state index in [-0.39, 0.29) is 0 Å². The van der Waals surface area contributed by atoms with Crippen molar-refractivity contribution in [3.05, 3.63) is 23.3 Å². The smallest absolute Gasteiger partial charge is 0.130 e. The molecule has 8 nitrogen and oxygen atoms in total. The van der Waals surface area contributed by atoms with E-state index in [1.54, 1.807) is 7.11 Å². The predicted octanol–water partition coefficient (Wildman–Crippen LogP) is 2.79. The second kappa shape index (κ2) is 12.3. The summed E-state index contributed by atoms with van der Waals surface area (Å²) < 4.78 is 33.6. The quantitative estimate of drug-likeness (QED) is 0.742. The van der Waals surface area contributed by atoms with Crippen molar-refractivity contribution in [3.8, 4) is 5.75 Å². The van der Waals surface area contributed by atoms with E-state index in [9.17, 15) is 5.21 Å². The summed E-state index contributed by atoms with van der Waals surface area (Å²) in [4.78, 5) is 0. The maximum Gasteiger partial charge on any atom is 0.130 e. The van der Waals surface area contributed by atoms with E-state index >= 15 is 0 Å². The highest BCUT2D eigenvalue weighted by Crippen LogP contribution is 2.33. The molecule has 166 valence electrons. The molecule has 0 saturated heterocycles. The van der Waals surface area contributed by atoms with Gasteiger partial charge in [-0.1, -0.05) is 0 Å². The fraction of sp³-hybridized carbons (Fsp3) is 0.714. The molecule has 0 unspecified atom stereocenters. The Morgan fingerprint density at radius 1 is 0.759 bits per heavy atom. The highest BCUT2D eigenvalue weighted by Gasteiger charge is 2.23. The van der Waals surface area contributed by atoms with E-state index in [4.69, 9.17) is 28.4 Å². The van der Waals surface area contributed by atoms with Gasteiger partial charge in [0.25, 0.3) is 0 Å². The lowest BCUT2D eigenvalue weighted by atomic mass is 10.0. The zero-order chi connectivity index (χ0) is 21.1. The average molecular weight is 414 g/mol. The van der Waals surface area contributed by atoms with Crippen LogP contribution < -0.4 is 9.80 Å². The van der Waals surface area contributed by atoms with Gasteiger partial charge in [0.2, 0.25) is 0 Å². The van der Waals surface area contributed by atoms with Gasteiger partial charge in [0.15, 0.2) is 0 Å². The van der Waals surface area contributed by atoms with Gasteiger partial charge in [-0.3, -0.25) is 10.3 Å². The van der Waals surface area contributed by atoms with Crippen LogP contribution in [-0.4, -0.2) is 70.7 Å². The molecule has 2 rings (SSSR count). The molecule has 0 fully saturated rings. The van der Waals surface area contributed by atoms with Crippen molar-refractivity contribution in [1.82, 2.24) is 0 Å². The number of methoxy groups -OCH3 is 1. The second-order valence-electron chi connectivity index (χ2n) is 7.72. The third-order valence-electron chi connectivity index (χ3n) is 4.31. The summed E-state index contributed by atoms with van der Waals surface area (Å²) in [7, 11) is 1.63. The van der Waals surface area contributed by atoms with Gasteiger partial charge in [-0.15, -0.1) is 0 Å². The summed E-state index contributed by atoms with van der Waals surface area (Å²) in [5.74, 6) is 0.701. The molecule has 1 aromatic rings. The molecule has 1 aromatic carbocycles. The number of nitrogens with zero attached hydrogens (tertiary/aromatic N) is 1. The Bertz CT molecular complexity index is 566. The molecule has 0 radical (unpaired) electrons. The van der Waals surface area contributed by atoms with Crippen LogP contribution in [0.3, 0.4) is 0 Å². The van der Waals surface area contributed by atoms with Crippen molar-refractivity contribution in [2.45, 2.75) is 39.5 Å². The van der Waals surface area contributed by atoms with Crippen LogP contribution in [0.15, 0.2) is 12.1 Å². The number of benzene rings is 1. The molecule has 2 bridgehead atoms. The summed E-state index contributed by atoms with van der Waals surface area (Å²) in [6, 6.07) is 3.76. The highest BCUT2D eigenvalue weighted by atomic mass is 16.6. The summed E-state index contributed by atoms with van der Waals surface area (Å²) in [6.45, 7) is 10.4. The van der Waals surface area contributed by atoms with Crippen molar-refractivity contribution in [3.63, 3.8) is 0 Å². The Balaban J connectivity index is 2.20. The van der Waals surface area contributed by atoms with Crippen LogP contribution in [0.25, 0.3) is 0 Å². The molecular weight excluding hydrogens is 378 g/mol. The van der Waals surface area contributed by atoms with Crippen molar-refractivity contribution in [2.75, 3.05) is 65.0 Å². The van der Waals surface area contributed by atoms with E-state index in [2.05, 4.69) is 0 Å². The van der Waals surface area contributed by atoms with E-state index in [1.807, 2.05) is 32.9 Å². The molecule has 0 amide bonds. The second-order valence-corrected chi connectivity index (χ2v) is 7.72. The van der Waals surface area contributed by atoms with E-state index in [0.717, 1.165) is 11.1 Å². The number of anilines is 1. The minimum absolute atomic E-state index is 0.338. The first-order valence-corrected chi connectivity index (χ1v) is 10.0. The topological polar surface area (TPSA) is 78.9 Å². The van der Waals surface area contributed by atoms with Gasteiger partial charge < -0.3 is 28.4 Å². The third-order valence-corrected chi connectivity index (χ3v) is 4.31. The fourth-order valence-electron chi connectivity index (χ4n) is 2.86. The Kier molecular flexibility index (Phi) is 10.1. The van der Waals surface area contributed by atoms with Crippen molar-refractivity contribution in [1.29, 1.82) is 0 Å². The van der Waals surface area contributed by atoms with E-state index in [1.165, 1.54) is 5.06 Å². The Morgan fingerprint density at radius 2 is 1.14 bits per heavy atom. The van der Waals surface area contributed by atoms with Crippen LogP contribution >= 0.6 is 0 Å². The SMILES string of the molecule is COc1c2cc(N(O)C(C)(C)C)cc1COCCOCCOCCOCCOC2. The molecule has 1 aliphatic heterocycles. The maximum atomic E-state index is 10.6. The molecule has 0 atom stereocenters. The lowest BCUT2D eigenvalue weighted by molar-refractivity contribution is -0.0148. The predicted molar refractivity (Wildman–Crippen MR) is 109 cm³/mol. The monoisotopic (exact) mass is 413 g/mol. The van der Waals surface area contributed by atoms with Gasteiger partial charge in [-0.25, -0.2) is 0 Å². The molecule has 0 aliphatic carbocycles. The molecule has 0 saturated carbocycles. The van der Waals surface area contributed by atoms with Gasteiger partial charge in [-0.2, -0.15) is 0 Å². The van der Waals surface area contributed by atoms with Crippen molar-refractivity contribution < 1.29 is 33.6 Å². The maximum absolute atomic E-state index is 10.6. The van der Waals surface area contributed by atoms with E-state index in [0.29, 0.717) is 77.5 Å². The van der Waals surface area contributed by atoms with Gasteiger partial charge in [0, 0.05) is 11.1 Å².